The van der Waals surface area contributed by atoms with Crippen molar-refractivity contribution in [2.45, 2.75) is 6.54 Å². The molecule has 0 atom stereocenters. The van der Waals surface area contributed by atoms with Crippen molar-refractivity contribution in [2.24, 2.45) is 0 Å². The van der Waals surface area contributed by atoms with Crippen LogP contribution in [-0.2, 0) is 6.54 Å². The molecular weight excluding hydrogens is 333 g/mol. The highest BCUT2D eigenvalue weighted by Gasteiger charge is 2.14. The highest BCUT2D eigenvalue weighted by Crippen LogP contribution is 2.34. The maximum absolute atomic E-state index is 14.0. The van der Waals surface area contributed by atoms with Crippen molar-refractivity contribution in [3.8, 4) is 0 Å². The quantitative estimate of drug-likeness (QED) is 0.737. The van der Waals surface area contributed by atoms with Gasteiger partial charge in [-0.25, -0.2) is 4.39 Å². The fraction of sp³-hybridized carbons (Fsp3) is 0.0769. The Balaban J connectivity index is 2.26. The lowest BCUT2D eigenvalue weighted by atomic mass is 10.2. The molecule has 5 N–H and O–H groups in total. The molecule has 0 heterocycles. The Morgan fingerprint density at radius 2 is 1.89 bits per heavy atom. The van der Waals surface area contributed by atoms with E-state index < -0.39 is 5.82 Å². The molecule has 0 radical (unpaired) electrons. The number of nitrogens with two attached hydrogens (primary N) is 2. The van der Waals surface area contributed by atoms with Crippen molar-refractivity contribution in [3.63, 3.8) is 0 Å². The zero-order valence-corrected chi connectivity index (χ0v) is 12.2. The van der Waals surface area contributed by atoms with Gasteiger partial charge in [-0.2, -0.15) is 0 Å². The van der Waals surface area contributed by atoms with Crippen molar-refractivity contribution < 1.29 is 4.39 Å². The van der Waals surface area contributed by atoms with Gasteiger partial charge in [-0.15, -0.1) is 0 Å². The van der Waals surface area contributed by atoms with E-state index in [1.165, 1.54) is 6.07 Å². The molecule has 19 heavy (non-hydrogen) atoms. The van der Waals surface area contributed by atoms with Gasteiger partial charge in [0.15, 0.2) is 5.82 Å². The van der Waals surface area contributed by atoms with Crippen LogP contribution in [0, 0.1) is 5.82 Å². The Labute approximate surface area is 123 Å². The summed E-state index contributed by atoms with van der Waals surface area (Å²) < 4.78 is 14.9. The number of nitrogens with one attached hydrogen (secondary N) is 1. The van der Waals surface area contributed by atoms with Gasteiger partial charge in [0.05, 0.1) is 17.1 Å². The van der Waals surface area contributed by atoms with E-state index >= 15 is 0 Å². The summed E-state index contributed by atoms with van der Waals surface area (Å²) in [4.78, 5) is 0. The third-order valence-electron chi connectivity index (χ3n) is 2.68. The fourth-order valence-electron chi connectivity index (χ4n) is 1.67. The molecule has 2 aromatic rings. The van der Waals surface area contributed by atoms with E-state index in [0.29, 0.717) is 6.54 Å². The summed E-state index contributed by atoms with van der Waals surface area (Å²) in [5.41, 5.74) is 12.8. The van der Waals surface area contributed by atoms with Gasteiger partial charge in [-0.05, 0) is 17.7 Å². The molecule has 0 unspecified atom stereocenters. The average Bonchev–Trinajstić information content (AvgIpc) is 2.38. The molecule has 0 aliphatic heterocycles. The number of hydrogen-bond donors (Lipinski definition) is 3. The number of hydrogen-bond acceptors (Lipinski definition) is 3. The summed E-state index contributed by atoms with van der Waals surface area (Å²) >= 11 is 9.18. The Bertz CT molecular complexity index is 619. The van der Waals surface area contributed by atoms with Crippen molar-refractivity contribution in [1.29, 1.82) is 0 Å². The standard InChI is InChI=1S/C13H12BrClFN3/c14-8-4-2-1-3-7(8)6-19-13-10(18)5-9(17)11(15)12(13)16/h1-5,19H,6,17-18H2. The minimum atomic E-state index is -0.633. The summed E-state index contributed by atoms with van der Waals surface area (Å²) in [5, 5.41) is 2.81. The summed E-state index contributed by atoms with van der Waals surface area (Å²) in [7, 11) is 0. The lowest BCUT2D eigenvalue weighted by Gasteiger charge is -2.13. The second-order valence-electron chi connectivity index (χ2n) is 4.00. The third kappa shape index (κ3) is 2.93. The molecule has 0 aliphatic carbocycles. The maximum atomic E-state index is 14.0. The van der Waals surface area contributed by atoms with Crippen LogP contribution >= 0.6 is 27.5 Å². The number of rotatable bonds is 3. The molecule has 2 rings (SSSR count). The summed E-state index contributed by atoms with van der Waals surface area (Å²) in [6.45, 7) is 0.419. The number of anilines is 3. The van der Waals surface area contributed by atoms with Crippen LogP contribution in [0.2, 0.25) is 5.02 Å². The zero-order valence-electron chi connectivity index (χ0n) is 9.88. The largest absolute Gasteiger partial charge is 0.397 e. The highest BCUT2D eigenvalue weighted by molar-refractivity contribution is 9.10. The van der Waals surface area contributed by atoms with Crippen molar-refractivity contribution in [3.05, 3.63) is 51.2 Å². The van der Waals surface area contributed by atoms with Crippen LogP contribution in [0.1, 0.15) is 5.56 Å². The maximum Gasteiger partial charge on any atom is 0.169 e. The van der Waals surface area contributed by atoms with Gasteiger partial charge in [0, 0.05) is 11.0 Å². The van der Waals surface area contributed by atoms with Crippen molar-refractivity contribution in [2.75, 3.05) is 16.8 Å². The zero-order chi connectivity index (χ0) is 14.0. The van der Waals surface area contributed by atoms with Crippen molar-refractivity contribution in [1.82, 2.24) is 0 Å². The second kappa shape index (κ2) is 5.67. The van der Waals surface area contributed by atoms with Crippen LogP contribution in [-0.4, -0.2) is 0 Å². The normalized spacial score (nSPS) is 10.5. The molecule has 2 aromatic carbocycles. The second-order valence-corrected chi connectivity index (χ2v) is 5.24. The lowest BCUT2D eigenvalue weighted by Crippen LogP contribution is -2.07. The van der Waals surface area contributed by atoms with Gasteiger partial charge in [0.1, 0.15) is 5.02 Å². The van der Waals surface area contributed by atoms with E-state index in [9.17, 15) is 4.39 Å². The Morgan fingerprint density at radius 1 is 1.21 bits per heavy atom. The molecule has 0 saturated heterocycles. The predicted molar refractivity (Wildman–Crippen MR) is 81.7 cm³/mol. The smallest absolute Gasteiger partial charge is 0.169 e. The Morgan fingerprint density at radius 3 is 2.58 bits per heavy atom. The van der Waals surface area contributed by atoms with Crippen LogP contribution < -0.4 is 16.8 Å². The van der Waals surface area contributed by atoms with Crippen LogP contribution in [0.3, 0.4) is 0 Å². The molecule has 0 aromatic heterocycles. The number of benzene rings is 2. The van der Waals surface area contributed by atoms with Crippen molar-refractivity contribution >= 4 is 44.6 Å². The van der Waals surface area contributed by atoms with Crippen LogP contribution in [0.15, 0.2) is 34.8 Å². The Kier molecular flexibility index (Phi) is 4.17. The van der Waals surface area contributed by atoms with Gasteiger partial charge in [0.2, 0.25) is 0 Å². The highest BCUT2D eigenvalue weighted by atomic mass is 79.9. The van der Waals surface area contributed by atoms with Crippen LogP contribution in [0.25, 0.3) is 0 Å². The van der Waals surface area contributed by atoms with E-state index in [-0.39, 0.29) is 22.1 Å². The molecule has 6 heteroatoms. The van der Waals surface area contributed by atoms with E-state index in [1.807, 2.05) is 24.3 Å². The predicted octanol–water partition coefficient (Wildman–Crippen LogP) is 4.02. The molecular formula is C13H12BrClFN3. The summed E-state index contributed by atoms with van der Waals surface area (Å²) in [6, 6.07) is 9.07. The molecule has 0 bridgehead atoms. The molecule has 0 aliphatic rings. The minimum absolute atomic E-state index is 0.121. The monoisotopic (exact) mass is 343 g/mol. The van der Waals surface area contributed by atoms with Gasteiger partial charge >= 0.3 is 0 Å². The SMILES string of the molecule is Nc1cc(N)c(NCc2ccccc2Br)c(F)c1Cl. The first-order valence-electron chi connectivity index (χ1n) is 5.51. The van der Waals surface area contributed by atoms with E-state index in [0.717, 1.165) is 10.0 Å². The van der Waals surface area contributed by atoms with Crippen LogP contribution in [0.5, 0.6) is 0 Å². The molecule has 0 amide bonds. The molecule has 3 nitrogen and oxygen atoms in total. The lowest BCUT2D eigenvalue weighted by molar-refractivity contribution is 0.632. The molecule has 100 valence electrons. The van der Waals surface area contributed by atoms with E-state index in [1.54, 1.807) is 0 Å². The van der Waals surface area contributed by atoms with Crippen LogP contribution in [0.4, 0.5) is 21.5 Å². The van der Waals surface area contributed by atoms with Gasteiger partial charge in [-0.1, -0.05) is 45.7 Å². The summed E-state index contributed by atoms with van der Waals surface area (Å²) in [5.74, 6) is -0.633. The summed E-state index contributed by atoms with van der Waals surface area (Å²) in [6.07, 6.45) is 0. The number of nitrogen functional groups attached to an aromatic ring is 2. The van der Waals surface area contributed by atoms with Gasteiger partial charge < -0.3 is 16.8 Å². The Hall–Kier alpha value is -1.46. The first kappa shape index (κ1) is 14.0. The molecule has 0 saturated carbocycles. The molecule has 0 spiro atoms. The van der Waals surface area contributed by atoms with E-state index in [2.05, 4.69) is 21.2 Å². The molecule has 0 fully saturated rings. The minimum Gasteiger partial charge on any atom is -0.397 e. The van der Waals surface area contributed by atoms with E-state index in [4.69, 9.17) is 23.1 Å². The average molecular weight is 345 g/mol. The van der Waals surface area contributed by atoms with Gasteiger partial charge in [0.25, 0.3) is 0 Å². The fourth-order valence-corrected chi connectivity index (χ4v) is 2.25. The third-order valence-corrected chi connectivity index (χ3v) is 3.84. The number of halogens is 3. The first-order chi connectivity index (χ1) is 9.00. The first-order valence-corrected chi connectivity index (χ1v) is 6.68. The topological polar surface area (TPSA) is 64.1 Å². The van der Waals surface area contributed by atoms with Gasteiger partial charge in [-0.3, -0.25) is 0 Å².